The average molecular weight is 449 g/mol. The molecule has 2 aromatic heterocycles. The Kier molecular flexibility index (Phi) is 4.32. The highest BCUT2D eigenvalue weighted by atomic mass is 19.1. The van der Waals surface area contributed by atoms with Crippen molar-refractivity contribution in [2.45, 2.75) is 57.9 Å². The fourth-order valence-corrected chi connectivity index (χ4v) is 5.57. The highest BCUT2D eigenvalue weighted by molar-refractivity contribution is 5.90. The van der Waals surface area contributed by atoms with E-state index in [-0.39, 0.29) is 36.0 Å². The number of aliphatic hydroxyl groups is 1. The van der Waals surface area contributed by atoms with Gasteiger partial charge in [-0.3, -0.25) is 4.79 Å². The van der Waals surface area contributed by atoms with Crippen LogP contribution in [0.15, 0.2) is 23.0 Å². The Balaban J connectivity index is 1.67. The number of carbonyl (C=O) groups is 1. The molecule has 2 atom stereocenters. The van der Waals surface area contributed by atoms with Gasteiger partial charge in [0.2, 0.25) is 0 Å². The molecule has 1 aromatic carbocycles. The average Bonchev–Trinajstić information content (AvgIpc) is 3.45. The zero-order valence-corrected chi connectivity index (χ0v) is 18.5. The normalized spacial score (nSPS) is 23.4. The molecular weight excluding hydrogens is 425 g/mol. The van der Waals surface area contributed by atoms with Crippen LogP contribution in [0, 0.1) is 12.7 Å². The monoisotopic (exact) mass is 449 g/mol. The third kappa shape index (κ3) is 2.71. The number of nitrogens with one attached hydrogen (secondary N) is 1. The Labute approximate surface area is 189 Å². The Morgan fingerprint density at radius 2 is 2.12 bits per heavy atom. The number of benzene rings is 1. The first-order valence-electron chi connectivity index (χ1n) is 11.4. The van der Waals surface area contributed by atoms with Crippen molar-refractivity contribution in [1.82, 2.24) is 14.9 Å². The maximum atomic E-state index is 14.5. The molecule has 0 aliphatic carbocycles. The van der Waals surface area contributed by atoms with Crippen molar-refractivity contribution in [3.8, 4) is 11.4 Å². The number of carbonyl (C=O) groups excluding carboxylic acids is 1. The third-order valence-corrected chi connectivity index (χ3v) is 7.42. The molecule has 3 aromatic rings. The number of aromatic nitrogens is 2. The van der Waals surface area contributed by atoms with Gasteiger partial charge in [-0.1, -0.05) is 6.92 Å². The van der Waals surface area contributed by atoms with Crippen LogP contribution in [0.4, 0.5) is 4.39 Å². The summed E-state index contributed by atoms with van der Waals surface area (Å²) in [6.45, 7) is 4.48. The van der Waals surface area contributed by atoms with Gasteiger partial charge in [-0.15, -0.1) is 0 Å². The van der Waals surface area contributed by atoms with Crippen LogP contribution in [0.2, 0.25) is 0 Å². The molecule has 33 heavy (non-hydrogen) atoms. The van der Waals surface area contributed by atoms with Gasteiger partial charge in [-0.05, 0) is 56.0 Å². The fourth-order valence-electron chi connectivity index (χ4n) is 5.57. The lowest BCUT2D eigenvalue weighted by molar-refractivity contribution is -0.172. The van der Waals surface area contributed by atoms with Crippen molar-refractivity contribution in [1.29, 1.82) is 0 Å². The molecule has 0 saturated carbocycles. The Hall–Kier alpha value is -3.10. The summed E-state index contributed by atoms with van der Waals surface area (Å²) < 4.78 is 21.3. The lowest BCUT2D eigenvalue weighted by Crippen LogP contribution is -2.44. The number of fused-ring (bicyclic) bond motifs is 5. The van der Waals surface area contributed by atoms with Gasteiger partial charge in [0.05, 0.1) is 29.0 Å². The maximum Gasteiger partial charge on any atom is 0.343 e. The van der Waals surface area contributed by atoms with E-state index in [1.807, 2.05) is 6.07 Å². The van der Waals surface area contributed by atoms with Crippen molar-refractivity contribution in [3.63, 3.8) is 0 Å². The number of esters is 1. The van der Waals surface area contributed by atoms with E-state index in [4.69, 9.17) is 9.72 Å². The van der Waals surface area contributed by atoms with Crippen molar-refractivity contribution in [2.75, 3.05) is 6.54 Å². The first-order chi connectivity index (χ1) is 15.8. The van der Waals surface area contributed by atoms with E-state index in [0.717, 1.165) is 35.9 Å². The number of hydrogen-bond donors (Lipinski definition) is 2. The van der Waals surface area contributed by atoms with E-state index in [1.165, 1.54) is 6.07 Å². The molecule has 0 unspecified atom stereocenters. The number of pyridine rings is 2. The van der Waals surface area contributed by atoms with E-state index >= 15 is 0 Å². The number of cyclic esters (lactones) is 1. The van der Waals surface area contributed by atoms with E-state index < -0.39 is 11.6 Å². The van der Waals surface area contributed by atoms with E-state index in [0.29, 0.717) is 34.6 Å². The molecular formula is C25H24FN3O4. The zero-order chi connectivity index (χ0) is 23.1. The minimum absolute atomic E-state index is 0.0848. The van der Waals surface area contributed by atoms with E-state index in [1.54, 1.807) is 24.5 Å². The standard InChI is InChI=1S/C25H24FN3O4/c1-3-25(32)16-8-20-22-14(10-29(20)23(30)15(16)11-33-24(25)31)21(18-5-4-6-27-18)13-7-12(2)17(26)9-19(13)28-22/h7-9,18,27,32H,3-6,10-11H2,1-2H3/t18-,25-/m0/s1. The lowest BCUT2D eigenvalue weighted by Gasteiger charge is -2.31. The number of aryl methyl sites for hydroxylation is 1. The predicted octanol–water partition coefficient (Wildman–Crippen LogP) is 2.95. The highest BCUT2D eigenvalue weighted by Gasteiger charge is 2.45. The molecule has 0 bridgehead atoms. The van der Waals surface area contributed by atoms with E-state index in [2.05, 4.69) is 5.32 Å². The van der Waals surface area contributed by atoms with Gasteiger partial charge in [0.25, 0.3) is 5.56 Å². The predicted molar refractivity (Wildman–Crippen MR) is 119 cm³/mol. The van der Waals surface area contributed by atoms with Gasteiger partial charge in [0.15, 0.2) is 5.60 Å². The Morgan fingerprint density at radius 1 is 1.30 bits per heavy atom. The van der Waals surface area contributed by atoms with Crippen molar-refractivity contribution >= 4 is 16.9 Å². The Bertz CT molecular complexity index is 1420. The van der Waals surface area contributed by atoms with Crippen LogP contribution in [-0.2, 0) is 28.3 Å². The molecule has 170 valence electrons. The number of hydrogen-bond acceptors (Lipinski definition) is 6. The van der Waals surface area contributed by atoms with Crippen LogP contribution >= 0.6 is 0 Å². The second-order valence-electron chi connectivity index (χ2n) is 9.22. The molecule has 6 rings (SSSR count). The van der Waals surface area contributed by atoms with Gasteiger partial charge in [-0.25, -0.2) is 14.2 Å². The summed E-state index contributed by atoms with van der Waals surface area (Å²) in [6, 6.07) is 5.07. The van der Waals surface area contributed by atoms with Gasteiger partial charge in [-0.2, -0.15) is 0 Å². The molecule has 7 nitrogen and oxygen atoms in total. The summed E-state index contributed by atoms with van der Waals surface area (Å²) in [4.78, 5) is 30.7. The summed E-state index contributed by atoms with van der Waals surface area (Å²) in [6.07, 6.45) is 2.07. The maximum absolute atomic E-state index is 14.5. The summed E-state index contributed by atoms with van der Waals surface area (Å²) in [7, 11) is 0. The molecule has 3 aliphatic rings. The summed E-state index contributed by atoms with van der Waals surface area (Å²) in [5.74, 6) is -1.08. The number of rotatable bonds is 2. The topological polar surface area (TPSA) is 93.5 Å². The molecule has 5 heterocycles. The van der Waals surface area contributed by atoms with Crippen molar-refractivity contribution in [3.05, 3.63) is 62.2 Å². The molecule has 8 heteroatoms. The minimum atomic E-state index is -1.87. The third-order valence-electron chi connectivity index (χ3n) is 7.42. The first-order valence-corrected chi connectivity index (χ1v) is 11.4. The quantitative estimate of drug-likeness (QED) is 0.457. The fraction of sp³-hybridized carbons (Fsp3) is 0.400. The number of nitrogens with zero attached hydrogens (tertiary/aromatic N) is 2. The number of ether oxygens (including phenoxy) is 1. The smallest absolute Gasteiger partial charge is 0.343 e. The summed E-state index contributed by atoms with van der Waals surface area (Å²) >= 11 is 0. The molecule has 2 N–H and O–H groups in total. The van der Waals surface area contributed by atoms with Gasteiger partial charge in [0, 0.05) is 28.6 Å². The van der Waals surface area contributed by atoms with Crippen molar-refractivity contribution < 1.29 is 19.0 Å². The van der Waals surface area contributed by atoms with Gasteiger partial charge in [0.1, 0.15) is 12.4 Å². The van der Waals surface area contributed by atoms with Gasteiger partial charge >= 0.3 is 5.97 Å². The molecule has 0 spiro atoms. The summed E-state index contributed by atoms with van der Waals surface area (Å²) in [5.41, 5.74) is 2.61. The second-order valence-corrected chi connectivity index (χ2v) is 9.22. The zero-order valence-electron chi connectivity index (χ0n) is 18.5. The Morgan fingerprint density at radius 3 is 2.85 bits per heavy atom. The molecule has 3 aliphatic heterocycles. The van der Waals surface area contributed by atoms with Crippen LogP contribution < -0.4 is 10.9 Å². The van der Waals surface area contributed by atoms with Crippen LogP contribution in [0.5, 0.6) is 0 Å². The SMILES string of the molecule is CC[C@@]1(O)C(=O)OCc2c1cc1n(c2=O)Cc2c-1nc1cc(F)c(C)cc1c2[C@@H]1CCCN1. The minimum Gasteiger partial charge on any atom is -0.458 e. The van der Waals surface area contributed by atoms with E-state index in [9.17, 15) is 19.1 Å². The molecule has 1 fully saturated rings. The van der Waals surface area contributed by atoms with Gasteiger partial charge < -0.3 is 19.7 Å². The summed E-state index contributed by atoms with van der Waals surface area (Å²) in [5, 5.41) is 15.5. The second kappa shape index (κ2) is 6.95. The molecule has 0 amide bonds. The van der Waals surface area contributed by atoms with Crippen LogP contribution in [-0.4, -0.2) is 27.2 Å². The molecule has 1 saturated heterocycles. The first kappa shape index (κ1) is 20.5. The van der Waals surface area contributed by atoms with Crippen LogP contribution in [0.25, 0.3) is 22.3 Å². The largest absolute Gasteiger partial charge is 0.458 e. The van der Waals surface area contributed by atoms with Crippen molar-refractivity contribution in [2.24, 2.45) is 0 Å². The highest BCUT2D eigenvalue weighted by Crippen LogP contribution is 2.43. The van der Waals surface area contributed by atoms with Crippen LogP contribution in [0.3, 0.4) is 0 Å². The molecule has 0 radical (unpaired) electrons. The van der Waals surface area contributed by atoms with Crippen LogP contribution in [0.1, 0.15) is 60.0 Å². The lowest BCUT2D eigenvalue weighted by atomic mass is 9.86. The number of halogens is 1.